The second kappa shape index (κ2) is 8.71. The molecule has 8 heteroatoms. The number of benzene rings is 1. The molecule has 2 N–H and O–H groups in total. The maximum absolute atomic E-state index is 12.4. The summed E-state index contributed by atoms with van der Waals surface area (Å²) in [6, 6.07) is 10.5. The average Bonchev–Trinajstić information content (AvgIpc) is 3.08. The highest BCUT2D eigenvalue weighted by atomic mass is 32.1. The zero-order valence-corrected chi connectivity index (χ0v) is 16.8. The van der Waals surface area contributed by atoms with Gasteiger partial charge in [0.1, 0.15) is 15.7 Å². The predicted octanol–water partition coefficient (Wildman–Crippen LogP) is 3.08. The van der Waals surface area contributed by atoms with Gasteiger partial charge in [-0.25, -0.2) is 4.98 Å². The summed E-state index contributed by atoms with van der Waals surface area (Å²) in [5.41, 5.74) is 3.03. The summed E-state index contributed by atoms with van der Waals surface area (Å²) >= 11 is 1.52. The van der Waals surface area contributed by atoms with E-state index in [-0.39, 0.29) is 11.8 Å². The highest BCUT2D eigenvalue weighted by Crippen LogP contribution is 2.18. The molecular weight excluding hydrogens is 374 g/mol. The Balaban J connectivity index is 1.64. The van der Waals surface area contributed by atoms with E-state index < -0.39 is 0 Å². The molecule has 0 saturated heterocycles. The van der Waals surface area contributed by atoms with Gasteiger partial charge >= 0.3 is 0 Å². The summed E-state index contributed by atoms with van der Waals surface area (Å²) in [7, 11) is 0. The predicted molar refractivity (Wildman–Crippen MR) is 109 cm³/mol. The van der Waals surface area contributed by atoms with Crippen LogP contribution >= 0.6 is 11.3 Å². The van der Waals surface area contributed by atoms with Crippen molar-refractivity contribution in [2.45, 2.75) is 27.2 Å². The van der Waals surface area contributed by atoms with Crippen LogP contribution in [0, 0.1) is 20.8 Å². The van der Waals surface area contributed by atoms with Crippen LogP contribution in [0.2, 0.25) is 0 Å². The highest BCUT2D eigenvalue weighted by Gasteiger charge is 2.12. The van der Waals surface area contributed by atoms with Crippen molar-refractivity contribution in [1.29, 1.82) is 0 Å². The molecule has 144 valence electrons. The number of pyridine rings is 1. The lowest BCUT2D eigenvalue weighted by atomic mass is 10.1. The van der Waals surface area contributed by atoms with E-state index in [0.29, 0.717) is 29.9 Å². The molecule has 0 aliphatic heterocycles. The minimum atomic E-state index is -0.309. The molecule has 0 unspecified atom stereocenters. The van der Waals surface area contributed by atoms with Gasteiger partial charge < -0.3 is 10.6 Å². The Morgan fingerprint density at radius 2 is 1.86 bits per heavy atom. The van der Waals surface area contributed by atoms with E-state index in [2.05, 4.69) is 25.8 Å². The van der Waals surface area contributed by atoms with Crippen molar-refractivity contribution in [3.63, 3.8) is 0 Å². The first kappa shape index (κ1) is 19.6. The Hall–Kier alpha value is -3.13. The van der Waals surface area contributed by atoms with Crippen molar-refractivity contribution in [1.82, 2.24) is 20.5 Å². The molecule has 0 bridgehead atoms. The van der Waals surface area contributed by atoms with Crippen molar-refractivity contribution in [3.05, 3.63) is 68.9 Å². The van der Waals surface area contributed by atoms with Crippen LogP contribution in [0.4, 0.5) is 5.69 Å². The lowest BCUT2D eigenvalue weighted by Crippen LogP contribution is -2.26. The molecule has 0 aliphatic rings. The normalized spacial score (nSPS) is 10.5. The Morgan fingerprint density at radius 3 is 2.57 bits per heavy atom. The second-order valence-corrected chi connectivity index (χ2v) is 7.63. The molecule has 0 aliphatic carbocycles. The van der Waals surface area contributed by atoms with Gasteiger partial charge in [-0.1, -0.05) is 12.1 Å². The minimum absolute atomic E-state index is 0.203. The topological polar surface area (TPSA) is 96.9 Å². The number of amides is 2. The number of hydrogen-bond donors (Lipinski definition) is 2. The van der Waals surface area contributed by atoms with Gasteiger partial charge in [-0.15, -0.1) is 21.5 Å². The Kier molecular flexibility index (Phi) is 6.10. The van der Waals surface area contributed by atoms with Crippen molar-refractivity contribution >= 4 is 28.8 Å². The van der Waals surface area contributed by atoms with Gasteiger partial charge in [-0.2, -0.15) is 0 Å². The molecule has 7 nitrogen and oxygen atoms in total. The van der Waals surface area contributed by atoms with Crippen LogP contribution in [0.3, 0.4) is 0 Å². The van der Waals surface area contributed by atoms with Gasteiger partial charge in [0.15, 0.2) is 0 Å². The van der Waals surface area contributed by atoms with Gasteiger partial charge in [0.25, 0.3) is 11.8 Å². The van der Waals surface area contributed by atoms with E-state index in [1.807, 2.05) is 32.9 Å². The summed E-state index contributed by atoms with van der Waals surface area (Å²) in [6.45, 7) is 6.07. The zero-order valence-electron chi connectivity index (χ0n) is 15.9. The fraction of sp³-hybridized carbons (Fsp3) is 0.250. The van der Waals surface area contributed by atoms with E-state index in [1.165, 1.54) is 11.3 Å². The van der Waals surface area contributed by atoms with Crippen molar-refractivity contribution in [2.75, 3.05) is 11.9 Å². The first-order valence-corrected chi connectivity index (χ1v) is 9.67. The van der Waals surface area contributed by atoms with E-state index >= 15 is 0 Å². The van der Waals surface area contributed by atoms with Gasteiger partial charge in [-0.3, -0.25) is 9.59 Å². The molecule has 0 radical (unpaired) electrons. The van der Waals surface area contributed by atoms with E-state index in [1.54, 1.807) is 24.3 Å². The third-order valence-corrected chi connectivity index (χ3v) is 4.96. The van der Waals surface area contributed by atoms with E-state index in [9.17, 15) is 9.59 Å². The molecule has 0 saturated carbocycles. The lowest BCUT2D eigenvalue weighted by molar-refractivity contribution is 0.0952. The monoisotopic (exact) mass is 395 g/mol. The molecule has 28 heavy (non-hydrogen) atoms. The Morgan fingerprint density at radius 1 is 1.04 bits per heavy atom. The number of aromatic nitrogens is 3. The van der Waals surface area contributed by atoms with Crippen LogP contribution in [0.15, 0.2) is 36.4 Å². The van der Waals surface area contributed by atoms with Crippen LogP contribution in [-0.4, -0.2) is 33.5 Å². The van der Waals surface area contributed by atoms with Crippen LogP contribution < -0.4 is 10.6 Å². The SMILES string of the molecule is Cc1cccc(C(=O)Nc2cc(C(=O)NCCc3nnc(C)s3)ccc2C)n1. The van der Waals surface area contributed by atoms with Crippen LogP contribution in [0.25, 0.3) is 0 Å². The number of carbonyl (C=O) groups excluding carboxylic acids is 2. The van der Waals surface area contributed by atoms with Crippen molar-refractivity contribution in [3.8, 4) is 0 Å². The summed E-state index contributed by atoms with van der Waals surface area (Å²) < 4.78 is 0. The van der Waals surface area contributed by atoms with Gasteiger partial charge in [-0.05, 0) is 50.6 Å². The van der Waals surface area contributed by atoms with Crippen molar-refractivity contribution < 1.29 is 9.59 Å². The Labute approximate surface area is 167 Å². The smallest absolute Gasteiger partial charge is 0.274 e. The zero-order chi connectivity index (χ0) is 20.1. The number of nitrogens with one attached hydrogen (secondary N) is 2. The van der Waals surface area contributed by atoms with Gasteiger partial charge in [0, 0.05) is 29.9 Å². The molecule has 3 aromatic rings. The second-order valence-electron chi connectivity index (χ2n) is 6.37. The molecule has 2 amide bonds. The van der Waals surface area contributed by atoms with Gasteiger partial charge in [0.2, 0.25) is 0 Å². The largest absolute Gasteiger partial charge is 0.352 e. The number of anilines is 1. The standard InChI is InChI=1S/C20H21N5O2S/c1-12-7-8-15(19(26)21-10-9-18-25-24-14(3)28-18)11-17(12)23-20(27)16-6-4-5-13(2)22-16/h4-8,11H,9-10H2,1-3H3,(H,21,26)(H,23,27). The van der Waals surface area contributed by atoms with E-state index in [0.717, 1.165) is 21.3 Å². The molecule has 2 heterocycles. The van der Waals surface area contributed by atoms with E-state index in [4.69, 9.17) is 0 Å². The minimum Gasteiger partial charge on any atom is -0.352 e. The van der Waals surface area contributed by atoms with Crippen LogP contribution in [-0.2, 0) is 6.42 Å². The first-order valence-electron chi connectivity index (χ1n) is 8.85. The number of nitrogens with zero attached hydrogens (tertiary/aromatic N) is 3. The maximum atomic E-state index is 12.4. The summed E-state index contributed by atoms with van der Waals surface area (Å²) in [4.78, 5) is 29.1. The molecule has 0 atom stereocenters. The number of hydrogen-bond acceptors (Lipinski definition) is 6. The third-order valence-electron chi connectivity index (χ3n) is 4.06. The van der Waals surface area contributed by atoms with Crippen molar-refractivity contribution in [2.24, 2.45) is 0 Å². The Bertz CT molecular complexity index is 1020. The highest BCUT2D eigenvalue weighted by molar-refractivity contribution is 7.11. The number of rotatable bonds is 6. The molecule has 0 spiro atoms. The summed E-state index contributed by atoms with van der Waals surface area (Å²) in [5.74, 6) is -0.513. The van der Waals surface area contributed by atoms with Crippen LogP contribution in [0.1, 0.15) is 42.1 Å². The molecule has 1 aromatic carbocycles. The molecule has 3 rings (SSSR count). The number of aryl methyl sites for hydroxylation is 3. The third kappa shape index (κ3) is 4.98. The maximum Gasteiger partial charge on any atom is 0.274 e. The summed E-state index contributed by atoms with van der Waals surface area (Å²) in [6.07, 6.45) is 0.631. The lowest BCUT2D eigenvalue weighted by Gasteiger charge is -2.11. The fourth-order valence-electron chi connectivity index (χ4n) is 2.58. The molecular formula is C20H21N5O2S. The van der Waals surface area contributed by atoms with Gasteiger partial charge in [0.05, 0.1) is 0 Å². The fourth-order valence-corrected chi connectivity index (χ4v) is 3.29. The molecule has 0 fully saturated rings. The van der Waals surface area contributed by atoms with Crippen LogP contribution in [0.5, 0.6) is 0 Å². The average molecular weight is 395 g/mol. The quantitative estimate of drug-likeness (QED) is 0.668. The molecule has 2 aromatic heterocycles. The summed E-state index contributed by atoms with van der Waals surface area (Å²) in [5, 5.41) is 15.5. The first-order chi connectivity index (χ1) is 13.4. The number of carbonyl (C=O) groups is 2.